The lowest BCUT2D eigenvalue weighted by molar-refractivity contribution is 0.00578. The van der Waals surface area contributed by atoms with Gasteiger partial charge in [0.05, 0.1) is 34.5 Å². The standard InChI is InChI=1S/C14H18BFN2O2/c1-9(8-17)11-6-10(16)7-12(18-11)15-19-13(2,3)14(4,5)20-15/h6-7,9H,1-5H3. The van der Waals surface area contributed by atoms with Gasteiger partial charge in [-0.15, -0.1) is 0 Å². The van der Waals surface area contributed by atoms with Gasteiger partial charge in [-0.2, -0.15) is 5.26 Å². The van der Waals surface area contributed by atoms with Crippen molar-refractivity contribution in [3.63, 3.8) is 0 Å². The summed E-state index contributed by atoms with van der Waals surface area (Å²) in [6.07, 6.45) is 0. The highest BCUT2D eigenvalue weighted by atomic mass is 19.1. The van der Waals surface area contributed by atoms with Crippen molar-refractivity contribution in [1.82, 2.24) is 4.98 Å². The summed E-state index contributed by atoms with van der Waals surface area (Å²) in [7, 11) is -0.722. The molecule has 0 saturated carbocycles. The Balaban J connectivity index is 2.36. The topological polar surface area (TPSA) is 55.1 Å². The zero-order valence-electron chi connectivity index (χ0n) is 12.4. The number of hydrogen-bond donors (Lipinski definition) is 0. The normalized spacial score (nSPS) is 21.6. The predicted molar refractivity (Wildman–Crippen MR) is 73.9 cm³/mol. The molecule has 0 bridgehead atoms. The van der Waals surface area contributed by atoms with Crippen LogP contribution >= 0.6 is 0 Å². The van der Waals surface area contributed by atoms with Crippen molar-refractivity contribution in [1.29, 1.82) is 5.26 Å². The summed E-state index contributed by atoms with van der Waals surface area (Å²) in [5.74, 6) is -0.923. The second kappa shape index (κ2) is 4.83. The maximum absolute atomic E-state index is 13.7. The monoisotopic (exact) mass is 276 g/mol. The number of hydrogen-bond acceptors (Lipinski definition) is 4. The second-order valence-corrected chi connectivity index (χ2v) is 6.07. The van der Waals surface area contributed by atoms with E-state index in [-0.39, 0.29) is 0 Å². The smallest absolute Gasteiger partial charge is 0.398 e. The third kappa shape index (κ3) is 2.56. The van der Waals surface area contributed by atoms with Gasteiger partial charge < -0.3 is 9.31 Å². The highest BCUT2D eigenvalue weighted by Gasteiger charge is 2.52. The SMILES string of the molecule is CC(C#N)c1cc(F)cc(B2OC(C)(C)C(C)(C)O2)n1. The fraction of sp³-hybridized carbons (Fsp3) is 0.571. The molecule has 0 aliphatic carbocycles. The second-order valence-electron chi connectivity index (χ2n) is 6.07. The number of aromatic nitrogens is 1. The predicted octanol–water partition coefficient (Wildman–Crippen LogP) is 2.15. The minimum Gasteiger partial charge on any atom is -0.398 e. The van der Waals surface area contributed by atoms with Crippen molar-refractivity contribution in [2.45, 2.75) is 51.7 Å². The zero-order chi connectivity index (χ0) is 15.1. The summed E-state index contributed by atoms with van der Waals surface area (Å²) >= 11 is 0. The van der Waals surface area contributed by atoms with E-state index in [0.717, 1.165) is 0 Å². The third-order valence-electron chi connectivity index (χ3n) is 3.96. The first-order valence-corrected chi connectivity index (χ1v) is 6.59. The molecule has 0 radical (unpaired) electrons. The highest BCUT2D eigenvalue weighted by molar-refractivity contribution is 6.61. The van der Waals surface area contributed by atoms with Crippen molar-refractivity contribution >= 4 is 12.7 Å². The lowest BCUT2D eigenvalue weighted by atomic mass is 9.83. The summed E-state index contributed by atoms with van der Waals surface area (Å²) in [5, 5.41) is 8.93. The third-order valence-corrected chi connectivity index (χ3v) is 3.96. The Hall–Kier alpha value is -1.45. The van der Waals surface area contributed by atoms with Crippen molar-refractivity contribution in [3.05, 3.63) is 23.6 Å². The highest BCUT2D eigenvalue weighted by Crippen LogP contribution is 2.36. The molecule has 6 heteroatoms. The minimum atomic E-state index is -0.722. The Morgan fingerprint density at radius 1 is 1.25 bits per heavy atom. The lowest BCUT2D eigenvalue weighted by Gasteiger charge is -2.32. The molecule has 1 aromatic heterocycles. The summed E-state index contributed by atoms with van der Waals surface area (Å²) in [6.45, 7) is 9.36. The molecule has 4 nitrogen and oxygen atoms in total. The van der Waals surface area contributed by atoms with Crippen LogP contribution in [0.5, 0.6) is 0 Å². The Bertz CT molecular complexity index is 553. The molecule has 1 atom stereocenters. The maximum atomic E-state index is 13.7. The first-order valence-electron chi connectivity index (χ1n) is 6.59. The number of nitrogens with zero attached hydrogens (tertiary/aromatic N) is 2. The van der Waals surface area contributed by atoms with Gasteiger partial charge in [0.1, 0.15) is 5.82 Å². The van der Waals surface area contributed by atoms with Crippen molar-refractivity contribution < 1.29 is 13.7 Å². The number of halogens is 1. The van der Waals surface area contributed by atoms with Crippen LogP contribution in [0.15, 0.2) is 12.1 Å². The Morgan fingerprint density at radius 3 is 2.30 bits per heavy atom. The van der Waals surface area contributed by atoms with Gasteiger partial charge >= 0.3 is 7.12 Å². The first kappa shape index (κ1) is 15.0. The van der Waals surface area contributed by atoms with E-state index < -0.39 is 30.1 Å². The molecule has 20 heavy (non-hydrogen) atoms. The molecule has 106 valence electrons. The molecule has 2 rings (SSSR count). The average molecular weight is 276 g/mol. The van der Waals surface area contributed by atoms with Crippen LogP contribution in [0.2, 0.25) is 0 Å². The Morgan fingerprint density at radius 2 is 1.80 bits per heavy atom. The number of rotatable bonds is 2. The van der Waals surface area contributed by atoms with Crippen LogP contribution in [0.4, 0.5) is 4.39 Å². The van der Waals surface area contributed by atoms with E-state index >= 15 is 0 Å². The molecule has 0 N–H and O–H groups in total. The molecule has 1 aliphatic rings. The van der Waals surface area contributed by atoms with Gasteiger partial charge in [0.25, 0.3) is 0 Å². The minimum absolute atomic E-state index is 0.362. The summed E-state index contributed by atoms with van der Waals surface area (Å²) in [4.78, 5) is 4.30. The van der Waals surface area contributed by atoms with Gasteiger partial charge in [0.15, 0.2) is 0 Å². The van der Waals surface area contributed by atoms with Crippen LogP contribution in [0, 0.1) is 17.1 Å². The molecule has 1 aliphatic heterocycles. The largest absolute Gasteiger partial charge is 0.514 e. The molecule has 1 unspecified atom stereocenters. The number of nitriles is 1. The van der Waals surface area contributed by atoms with Crippen LogP contribution in [-0.2, 0) is 9.31 Å². The van der Waals surface area contributed by atoms with E-state index in [9.17, 15) is 4.39 Å². The lowest BCUT2D eigenvalue weighted by Crippen LogP contribution is -2.41. The van der Waals surface area contributed by atoms with Crippen LogP contribution in [0.25, 0.3) is 0 Å². The van der Waals surface area contributed by atoms with Crippen LogP contribution in [-0.4, -0.2) is 23.3 Å². The summed E-state index contributed by atoms with van der Waals surface area (Å²) < 4.78 is 25.4. The van der Waals surface area contributed by atoms with Gasteiger partial charge in [-0.25, -0.2) is 4.39 Å². The van der Waals surface area contributed by atoms with Crippen molar-refractivity contribution in [2.24, 2.45) is 0 Å². The van der Waals surface area contributed by atoms with E-state index in [1.807, 2.05) is 33.8 Å². The average Bonchev–Trinajstić information content (AvgIpc) is 2.57. The summed E-state index contributed by atoms with van der Waals surface area (Å²) in [5.41, 5.74) is -0.266. The molecular weight excluding hydrogens is 258 g/mol. The zero-order valence-corrected chi connectivity index (χ0v) is 12.4. The van der Waals surface area contributed by atoms with Gasteiger partial charge in [-0.1, -0.05) is 0 Å². The quantitative estimate of drug-likeness (QED) is 0.776. The molecular formula is C14H18BFN2O2. The number of pyridine rings is 1. The molecule has 0 amide bonds. The van der Waals surface area contributed by atoms with E-state index in [4.69, 9.17) is 14.6 Å². The Labute approximate surface area is 119 Å². The van der Waals surface area contributed by atoms with E-state index in [1.165, 1.54) is 12.1 Å². The fourth-order valence-corrected chi connectivity index (χ4v) is 1.91. The van der Waals surface area contributed by atoms with Gasteiger partial charge in [-0.3, -0.25) is 4.98 Å². The van der Waals surface area contributed by atoms with Crippen molar-refractivity contribution in [3.8, 4) is 6.07 Å². The molecule has 0 spiro atoms. The van der Waals surface area contributed by atoms with E-state index in [1.54, 1.807) is 6.92 Å². The molecule has 0 aromatic carbocycles. The Kier molecular flexibility index (Phi) is 3.61. The van der Waals surface area contributed by atoms with Crippen LogP contribution < -0.4 is 5.59 Å². The molecule has 1 aromatic rings. The van der Waals surface area contributed by atoms with E-state index in [0.29, 0.717) is 11.3 Å². The van der Waals surface area contributed by atoms with Gasteiger partial charge in [0.2, 0.25) is 0 Å². The van der Waals surface area contributed by atoms with E-state index in [2.05, 4.69) is 4.98 Å². The van der Waals surface area contributed by atoms with Gasteiger partial charge in [-0.05, 0) is 46.8 Å². The van der Waals surface area contributed by atoms with Gasteiger partial charge in [0, 0.05) is 0 Å². The first-order chi connectivity index (χ1) is 9.16. The van der Waals surface area contributed by atoms with Crippen molar-refractivity contribution in [2.75, 3.05) is 0 Å². The molecule has 1 fully saturated rings. The fourth-order valence-electron chi connectivity index (χ4n) is 1.91. The molecule has 2 heterocycles. The summed E-state index contributed by atoms with van der Waals surface area (Å²) in [6, 6.07) is 4.60. The molecule has 1 saturated heterocycles. The maximum Gasteiger partial charge on any atom is 0.514 e. The van der Waals surface area contributed by atoms with Crippen LogP contribution in [0.1, 0.15) is 46.2 Å². The van der Waals surface area contributed by atoms with Crippen LogP contribution in [0.3, 0.4) is 0 Å².